The molecule has 0 spiro atoms. The predicted octanol–water partition coefficient (Wildman–Crippen LogP) is 2.22. The molecule has 1 aromatic rings. The molecule has 0 bridgehead atoms. The van der Waals surface area contributed by atoms with Crippen molar-refractivity contribution in [1.29, 1.82) is 0 Å². The summed E-state index contributed by atoms with van der Waals surface area (Å²) in [6.45, 7) is 7.98. The highest BCUT2D eigenvalue weighted by atomic mass is 16.5. The normalized spacial score (nSPS) is 15.8. The monoisotopic (exact) mass is 248 g/mol. The van der Waals surface area contributed by atoms with Crippen LogP contribution in [0.25, 0.3) is 0 Å². The third-order valence-electron chi connectivity index (χ3n) is 3.52. The third kappa shape index (κ3) is 3.03. The molecule has 1 saturated heterocycles. The molecule has 3 nitrogen and oxygen atoms in total. The van der Waals surface area contributed by atoms with Gasteiger partial charge in [0.05, 0.1) is 6.61 Å². The number of rotatable bonds is 6. The van der Waals surface area contributed by atoms with Crippen LogP contribution in [0.5, 0.6) is 5.75 Å². The fourth-order valence-electron chi connectivity index (χ4n) is 2.20. The number of hydrogen-bond donors (Lipinski definition) is 2. The highest BCUT2D eigenvalue weighted by Crippen LogP contribution is 2.31. The number of nitrogens with one attached hydrogen (secondary N) is 1. The van der Waals surface area contributed by atoms with Crippen LogP contribution in [0.15, 0.2) is 18.2 Å². The lowest BCUT2D eigenvalue weighted by Gasteiger charge is -2.28. The Labute approximate surface area is 110 Å². The summed E-state index contributed by atoms with van der Waals surface area (Å²) in [6.07, 6.45) is 0.909. The second kappa shape index (κ2) is 6.21. The van der Waals surface area contributed by atoms with Crippen LogP contribution in [0.4, 0.5) is 0 Å². The van der Waals surface area contributed by atoms with Crippen LogP contribution in [-0.2, 0) is 0 Å². The zero-order valence-corrected chi connectivity index (χ0v) is 11.4. The van der Waals surface area contributed by atoms with Crippen molar-refractivity contribution in [2.45, 2.75) is 32.1 Å². The average molecular weight is 248 g/mol. The Morgan fingerprint density at radius 3 is 2.72 bits per heavy atom. The largest absolute Gasteiger partial charge is 0.493 e. The van der Waals surface area contributed by atoms with Gasteiger partial charge in [0, 0.05) is 19.0 Å². The maximum atomic E-state index is 5.90. The third-order valence-corrected chi connectivity index (χ3v) is 3.52. The van der Waals surface area contributed by atoms with Crippen LogP contribution in [0, 0.1) is 0 Å². The average Bonchev–Trinajstić information content (AvgIpc) is 2.27. The Morgan fingerprint density at radius 1 is 1.39 bits per heavy atom. The molecule has 1 fully saturated rings. The molecule has 1 aliphatic heterocycles. The Kier molecular flexibility index (Phi) is 4.61. The maximum Gasteiger partial charge on any atom is 0.123 e. The summed E-state index contributed by atoms with van der Waals surface area (Å²) in [7, 11) is 0. The summed E-state index contributed by atoms with van der Waals surface area (Å²) in [6, 6.07) is 6.68. The lowest BCUT2D eigenvalue weighted by molar-refractivity contribution is 0.308. The van der Waals surface area contributed by atoms with Gasteiger partial charge >= 0.3 is 0 Å². The number of hydrogen-bond acceptors (Lipinski definition) is 3. The SMILES string of the molecule is CC(C)c1ccc(C2CNC2)cc1OCCCN. The van der Waals surface area contributed by atoms with E-state index >= 15 is 0 Å². The highest BCUT2D eigenvalue weighted by Gasteiger charge is 2.20. The topological polar surface area (TPSA) is 47.3 Å². The van der Waals surface area contributed by atoms with Gasteiger partial charge in [-0.2, -0.15) is 0 Å². The molecule has 0 aromatic heterocycles. The van der Waals surface area contributed by atoms with Crippen LogP contribution >= 0.6 is 0 Å². The molecule has 1 heterocycles. The first-order chi connectivity index (χ1) is 8.72. The highest BCUT2D eigenvalue weighted by molar-refractivity contribution is 5.41. The van der Waals surface area contributed by atoms with Crippen molar-refractivity contribution in [1.82, 2.24) is 5.32 Å². The molecule has 0 atom stereocenters. The minimum atomic E-state index is 0.492. The van der Waals surface area contributed by atoms with Gasteiger partial charge in [-0.3, -0.25) is 0 Å². The summed E-state index contributed by atoms with van der Waals surface area (Å²) in [4.78, 5) is 0. The zero-order chi connectivity index (χ0) is 13.0. The maximum absolute atomic E-state index is 5.90. The summed E-state index contributed by atoms with van der Waals surface area (Å²) in [5, 5.41) is 3.31. The van der Waals surface area contributed by atoms with E-state index < -0.39 is 0 Å². The molecule has 0 amide bonds. The summed E-state index contributed by atoms with van der Waals surface area (Å²) >= 11 is 0. The fraction of sp³-hybridized carbons (Fsp3) is 0.600. The second-order valence-electron chi connectivity index (χ2n) is 5.30. The summed E-state index contributed by atoms with van der Waals surface area (Å²) < 4.78 is 5.90. The van der Waals surface area contributed by atoms with Gasteiger partial charge in [-0.1, -0.05) is 26.0 Å². The Balaban J connectivity index is 2.14. The van der Waals surface area contributed by atoms with Gasteiger partial charge in [-0.05, 0) is 36.1 Å². The molecule has 3 N–H and O–H groups in total. The van der Waals surface area contributed by atoms with E-state index in [1.165, 1.54) is 11.1 Å². The first kappa shape index (κ1) is 13.4. The van der Waals surface area contributed by atoms with Crippen molar-refractivity contribution in [2.75, 3.05) is 26.2 Å². The molecule has 3 heteroatoms. The molecule has 100 valence electrons. The van der Waals surface area contributed by atoms with E-state index in [1.807, 2.05) is 0 Å². The molecule has 2 rings (SSSR count). The van der Waals surface area contributed by atoms with Crippen molar-refractivity contribution in [3.05, 3.63) is 29.3 Å². The standard InChI is InChI=1S/C15H24N2O/c1-11(2)14-5-4-12(13-9-17-10-13)8-15(14)18-7-3-6-16/h4-5,8,11,13,17H,3,6-7,9-10,16H2,1-2H3. The number of nitrogens with two attached hydrogens (primary N) is 1. The number of benzene rings is 1. The van der Waals surface area contributed by atoms with Gasteiger partial charge in [0.2, 0.25) is 0 Å². The van der Waals surface area contributed by atoms with Gasteiger partial charge in [0.15, 0.2) is 0 Å². The molecule has 1 aromatic carbocycles. The van der Waals surface area contributed by atoms with E-state index in [0.29, 0.717) is 25.0 Å². The van der Waals surface area contributed by atoms with Gasteiger partial charge in [-0.15, -0.1) is 0 Å². The van der Waals surface area contributed by atoms with E-state index in [-0.39, 0.29) is 0 Å². The quantitative estimate of drug-likeness (QED) is 0.759. The second-order valence-corrected chi connectivity index (χ2v) is 5.30. The van der Waals surface area contributed by atoms with Crippen LogP contribution < -0.4 is 15.8 Å². The molecule has 0 radical (unpaired) electrons. The van der Waals surface area contributed by atoms with E-state index in [9.17, 15) is 0 Å². The molecular formula is C15H24N2O. The first-order valence-corrected chi connectivity index (χ1v) is 6.89. The van der Waals surface area contributed by atoms with Crippen LogP contribution in [-0.4, -0.2) is 26.2 Å². The lowest BCUT2D eigenvalue weighted by atomic mass is 9.91. The van der Waals surface area contributed by atoms with Gasteiger partial charge in [-0.25, -0.2) is 0 Å². The molecule has 1 aliphatic rings. The van der Waals surface area contributed by atoms with Crippen LogP contribution in [0.1, 0.15) is 43.2 Å². The van der Waals surface area contributed by atoms with Gasteiger partial charge in [0.25, 0.3) is 0 Å². The number of ether oxygens (including phenoxy) is 1. The van der Waals surface area contributed by atoms with Crippen molar-refractivity contribution < 1.29 is 4.74 Å². The van der Waals surface area contributed by atoms with Crippen LogP contribution in [0.2, 0.25) is 0 Å². The summed E-state index contributed by atoms with van der Waals surface area (Å²) in [5.41, 5.74) is 8.20. The van der Waals surface area contributed by atoms with Crippen molar-refractivity contribution in [2.24, 2.45) is 5.73 Å². The molecular weight excluding hydrogens is 224 g/mol. The van der Waals surface area contributed by atoms with Crippen LogP contribution in [0.3, 0.4) is 0 Å². The minimum absolute atomic E-state index is 0.492. The Morgan fingerprint density at radius 2 is 2.17 bits per heavy atom. The lowest BCUT2D eigenvalue weighted by Crippen LogP contribution is -2.39. The van der Waals surface area contributed by atoms with Crippen molar-refractivity contribution in [3.63, 3.8) is 0 Å². The summed E-state index contributed by atoms with van der Waals surface area (Å²) in [5.74, 6) is 2.19. The molecule has 0 unspecified atom stereocenters. The van der Waals surface area contributed by atoms with E-state index in [1.54, 1.807) is 0 Å². The van der Waals surface area contributed by atoms with E-state index in [4.69, 9.17) is 10.5 Å². The first-order valence-electron chi connectivity index (χ1n) is 6.89. The van der Waals surface area contributed by atoms with E-state index in [2.05, 4.69) is 37.4 Å². The molecule has 18 heavy (non-hydrogen) atoms. The van der Waals surface area contributed by atoms with Crippen molar-refractivity contribution in [3.8, 4) is 5.75 Å². The molecule has 0 aliphatic carbocycles. The molecule has 0 saturated carbocycles. The zero-order valence-electron chi connectivity index (χ0n) is 11.4. The smallest absolute Gasteiger partial charge is 0.123 e. The van der Waals surface area contributed by atoms with Gasteiger partial charge < -0.3 is 15.8 Å². The van der Waals surface area contributed by atoms with Gasteiger partial charge in [0.1, 0.15) is 5.75 Å². The minimum Gasteiger partial charge on any atom is -0.493 e. The van der Waals surface area contributed by atoms with E-state index in [0.717, 1.165) is 25.3 Å². The predicted molar refractivity (Wildman–Crippen MR) is 75.3 cm³/mol. The Hall–Kier alpha value is -1.06. The Bertz CT molecular complexity index is 386. The fourth-order valence-corrected chi connectivity index (χ4v) is 2.20. The van der Waals surface area contributed by atoms with Crippen molar-refractivity contribution >= 4 is 0 Å².